The van der Waals surface area contributed by atoms with Crippen molar-refractivity contribution < 1.29 is 9.47 Å². The first-order chi connectivity index (χ1) is 11.2. The molecule has 0 saturated carbocycles. The van der Waals surface area contributed by atoms with Crippen LogP contribution in [0.15, 0.2) is 48.7 Å². The van der Waals surface area contributed by atoms with Gasteiger partial charge in [-0.25, -0.2) is 0 Å². The average molecular weight is 310 g/mol. The Balaban J connectivity index is 1.91. The molecule has 0 radical (unpaired) electrons. The van der Waals surface area contributed by atoms with E-state index in [4.69, 9.17) is 9.47 Å². The Morgan fingerprint density at radius 2 is 1.74 bits per heavy atom. The van der Waals surface area contributed by atoms with Gasteiger partial charge in [-0.1, -0.05) is 6.07 Å². The first-order valence-electron chi connectivity index (χ1n) is 7.73. The normalized spacial score (nSPS) is 11.1. The number of H-pyrrole nitrogens is 1. The summed E-state index contributed by atoms with van der Waals surface area (Å²) in [7, 11) is 5.83. The summed E-state index contributed by atoms with van der Waals surface area (Å²) in [4.78, 5) is 5.52. The van der Waals surface area contributed by atoms with Crippen LogP contribution in [0.1, 0.15) is 5.56 Å². The zero-order valence-electron chi connectivity index (χ0n) is 13.8. The summed E-state index contributed by atoms with van der Waals surface area (Å²) in [6, 6.07) is 13.7. The van der Waals surface area contributed by atoms with Crippen molar-refractivity contribution in [3.8, 4) is 17.2 Å². The molecular weight excluding hydrogens is 288 g/mol. The minimum absolute atomic E-state index is 0.804. The van der Waals surface area contributed by atoms with E-state index in [2.05, 4.69) is 36.2 Å². The summed E-state index contributed by atoms with van der Waals surface area (Å²) in [5.41, 5.74) is 2.38. The number of nitrogens with zero attached hydrogens (tertiary/aromatic N) is 1. The van der Waals surface area contributed by atoms with Crippen LogP contribution in [0.25, 0.3) is 10.9 Å². The van der Waals surface area contributed by atoms with Gasteiger partial charge in [-0.3, -0.25) is 0 Å². The van der Waals surface area contributed by atoms with Crippen molar-refractivity contribution in [2.75, 3.05) is 27.7 Å². The van der Waals surface area contributed by atoms with E-state index >= 15 is 0 Å². The summed E-state index contributed by atoms with van der Waals surface area (Å²) in [5.74, 6) is 2.50. The number of aromatic amines is 1. The maximum absolute atomic E-state index is 6.11. The Hall–Kier alpha value is -2.46. The average Bonchev–Trinajstić information content (AvgIpc) is 2.98. The lowest BCUT2D eigenvalue weighted by atomic mass is 10.1. The third-order valence-electron chi connectivity index (χ3n) is 3.86. The first kappa shape index (κ1) is 15.4. The monoisotopic (exact) mass is 310 g/mol. The molecule has 0 aliphatic carbocycles. The number of ether oxygens (including phenoxy) is 2. The molecule has 2 aromatic carbocycles. The van der Waals surface area contributed by atoms with Gasteiger partial charge in [0, 0.05) is 23.6 Å². The molecule has 0 unspecified atom stereocenters. The van der Waals surface area contributed by atoms with Crippen LogP contribution >= 0.6 is 0 Å². The van der Waals surface area contributed by atoms with E-state index < -0.39 is 0 Å². The third kappa shape index (κ3) is 3.48. The predicted molar refractivity (Wildman–Crippen MR) is 93.6 cm³/mol. The van der Waals surface area contributed by atoms with Crippen LogP contribution in [0, 0.1) is 0 Å². The van der Waals surface area contributed by atoms with Crippen molar-refractivity contribution in [3.05, 3.63) is 54.2 Å². The summed E-state index contributed by atoms with van der Waals surface area (Å²) in [6.45, 7) is 1.00. The molecule has 3 rings (SSSR count). The molecule has 0 amide bonds. The Morgan fingerprint density at radius 1 is 1.00 bits per heavy atom. The van der Waals surface area contributed by atoms with Crippen LogP contribution in [0.2, 0.25) is 0 Å². The maximum atomic E-state index is 6.11. The van der Waals surface area contributed by atoms with Gasteiger partial charge in [0.05, 0.1) is 7.11 Å². The van der Waals surface area contributed by atoms with Crippen molar-refractivity contribution in [2.45, 2.75) is 6.42 Å². The number of methoxy groups -OCH3 is 1. The van der Waals surface area contributed by atoms with E-state index in [9.17, 15) is 0 Å². The highest BCUT2D eigenvalue weighted by molar-refractivity contribution is 5.89. The Labute approximate surface area is 136 Å². The maximum Gasteiger partial charge on any atom is 0.137 e. The quantitative estimate of drug-likeness (QED) is 0.745. The molecular formula is C19H22N2O2. The highest BCUT2D eigenvalue weighted by Crippen LogP contribution is 2.33. The number of rotatable bonds is 6. The van der Waals surface area contributed by atoms with Gasteiger partial charge in [-0.05, 0) is 62.5 Å². The number of hydrogen-bond donors (Lipinski definition) is 1. The summed E-state index contributed by atoms with van der Waals surface area (Å²) < 4.78 is 11.3. The highest BCUT2D eigenvalue weighted by atomic mass is 16.5. The topological polar surface area (TPSA) is 37.5 Å². The van der Waals surface area contributed by atoms with Crippen molar-refractivity contribution in [3.63, 3.8) is 0 Å². The molecule has 4 heteroatoms. The second-order valence-corrected chi connectivity index (χ2v) is 5.82. The van der Waals surface area contributed by atoms with Gasteiger partial charge in [-0.15, -0.1) is 0 Å². The fourth-order valence-electron chi connectivity index (χ4n) is 2.62. The largest absolute Gasteiger partial charge is 0.497 e. The van der Waals surface area contributed by atoms with E-state index in [-0.39, 0.29) is 0 Å². The molecule has 120 valence electrons. The van der Waals surface area contributed by atoms with Crippen molar-refractivity contribution in [1.82, 2.24) is 9.88 Å². The highest BCUT2D eigenvalue weighted by Gasteiger charge is 2.10. The molecule has 4 nitrogen and oxygen atoms in total. The van der Waals surface area contributed by atoms with Crippen LogP contribution in [-0.4, -0.2) is 37.6 Å². The van der Waals surface area contributed by atoms with Crippen LogP contribution in [0.3, 0.4) is 0 Å². The lowest BCUT2D eigenvalue weighted by Crippen LogP contribution is -2.14. The van der Waals surface area contributed by atoms with Gasteiger partial charge in [0.1, 0.15) is 17.2 Å². The minimum atomic E-state index is 0.804. The van der Waals surface area contributed by atoms with Crippen LogP contribution in [0.5, 0.6) is 17.2 Å². The predicted octanol–water partition coefficient (Wildman–Crippen LogP) is 4.07. The number of hydrogen-bond acceptors (Lipinski definition) is 3. The van der Waals surface area contributed by atoms with Crippen molar-refractivity contribution in [2.24, 2.45) is 0 Å². The Bertz CT molecular complexity index is 776. The van der Waals surface area contributed by atoms with Crippen LogP contribution < -0.4 is 9.47 Å². The van der Waals surface area contributed by atoms with Gasteiger partial charge >= 0.3 is 0 Å². The van der Waals surface area contributed by atoms with Gasteiger partial charge in [0.2, 0.25) is 0 Å². The first-order valence-corrected chi connectivity index (χ1v) is 7.73. The van der Waals surface area contributed by atoms with E-state index in [1.54, 1.807) is 7.11 Å². The van der Waals surface area contributed by atoms with Crippen molar-refractivity contribution >= 4 is 10.9 Å². The van der Waals surface area contributed by atoms with Gasteiger partial charge in [0.25, 0.3) is 0 Å². The molecule has 1 N–H and O–H groups in total. The zero-order chi connectivity index (χ0) is 16.2. The second kappa shape index (κ2) is 6.75. The zero-order valence-corrected chi connectivity index (χ0v) is 13.8. The summed E-state index contributed by atoms with van der Waals surface area (Å²) in [6.07, 6.45) is 3.06. The van der Waals surface area contributed by atoms with Crippen molar-refractivity contribution in [1.29, 1.82) is 0 Å². The van der Waals surface area contributed by atoms with E-state index in [1.165, 1.54) is 5.56 Å². The molecule has 0 fully saturated rings. The lowest BCUT2D eigenvalue weighted by Gasteiger charge is -2.11. The fourth-order valence-corrected chi connectivity index (χ4v) is 2.62. The molecule has 0 saturated heterocycles. The molecule has 0 aliphatic heterocycles. The molecule has 0 aliphatic rings. The van der Waals surface area contributed by atoms with E-state index in [0.29, 0.717) is 0 Å². The summed E-state index contributed by atoms with van der Waals surface area (Å²) >= 11 is 0. The molecule has 0 atom stereocenters. The number of nitrogens with one attached hydrogen (secondary N) is 1. The van der Waals surface area contributed by atoms with Gasteiger partial charge in [-0.2, -0.15) is 0 Å². The standard InChI is InChI=1S/C19H22N2O2/c1-21(2)12-11-14-13-20-17-5-4-6-18(19(14)17)23-16-9-7-15(22-3)8-10-16/h4-10,13,20H,11-12H2,1-3H3. The van der Waals surface area contributed by atoms with Crippen LogP contribution in [0.4, 0.5) is 0 Å². The fraction of sp³-hybridized carbons (Fsp3) is 0.263. The van der Waals surface area contributed by atoms with Gasteiger partial charge < -0.3 is 19.4 Å². The molecule has 1 heterocycles. The molecule has 0 bridgehead atoms. The number of benzene rings is 2. The Kier molecular flexibility index (Phi) is 4.53. The van der Waals surface area contributed by atoms with Crippen LogP contribution in [-0.2, 0) is 6.42 Å². The summed E-state index contributed by atoms with van der Waals surface area (Å²) in [5, 5.41) is 1.16. The van der Waals surface area contributed by atoms with E-state index in [1.807, 2.05) is 36.4 Å². The molecule has 1 aromatic heterocycles. The molecule has 3 aromatic rings. The van der Waals surface area contributed by atoms with E-state index in [0.717, 1.165) is 41.1 Å². The molecule has 0 spiro atoms. The second-order valence-electron chi connectivity index (χ2n) is 5.82. The lowest BCUT2D eigenvalue weighted by molar-refractivity contribution is 0.412. The third-order valence-corrected chi connectivity index (χ3v) is 3.86. The minimum Gasteiger partial charge on any atom is -0.497 e. The number of aromatic nitrogens is 1. The van der Waals surface area contributed by atoms with Gasteiger partial charge in [0.15, 0.2) is 0 Å². The smallest absolute Gasteiger partial charge is 0.137 e. The molecule has 23 heavy (non-hydrogen) atoms. The Morgan fingerprint density at radius 3 is 2.43 bits per heavy atom. The SMILES string of the molecule is COc1ccc(Oc2cccc3[nH]cc(CCN(C)C)c23)cc1. The number of fused-ring (bicyclic) bond motifs is 1. The number of likely N-dealkylation sites (N-methyl/N-ethyl adjacent to an activating group) is 1.